The van der Waals surface area contributed by atoms with Crippen molar-refractivity contribution in [2.24, 2.45) is 5.73 Å². The summed E-state index contributed by atoms with van der Waals surface area (Å²) in [6, 6.07) is 3.63. The van der Waals surface area contributed by atoms with E-state index < -0.39 is 0 Å². The Morgan fingerprint density at radius 2 is 2.00 bits per heavy atom. The number of amides is 1. The fourth-order valence-corrected chi connectivity index (χ4v) is 3.27. The van der Waals surface area contributed by atoms with Crippen LogP contribution in [0, 0.1) is 0 Å². The molecule has 1 aliphatic rings. The number of nitrogens with zero attached hydrogens (tertiary/aromatic N) is 3. The maximum absolute atomic E-state index is 12.7. The first kappa shape index (κ1) is 15.7. The van der Waals surface area contributed by atoms with Crippen LogP contribution in [0.2, 0.25) is 0 Å². The van der Waals surface area contributed by atoms with Gasteiger partial charge in [0.25, 0.3) is 0 Å². The number of carbonyl (C=O) groups is 1. The third kappa shape index (κ3) is 3.27. The van der Waals surface area contributed by atoms with Crippen molar-refractivity contribution < 1.29 is 4.79 Å². The number of nitrogens with one attached hydrogen (secondary N) is 1. The molecule has 3 N–H and O–H groups in total. The molecule has 2 heterocycles. The van der Waals surface area contributed by atoms with Gasteiger partial charge in [0, 0.05) is 24.6 Å². The zero-order valence-electron chi connectivity index (χ0n) is 13.4. The molecule has 1 atom stereocenters. The van der Waals surface area contributed by atoms with Crippen molar-refractivity contribution in [1.82, 2.24) is 19.9 Å². The maximum atomic E-state index is 12.7. The zero-order valence-corrected chi connectivity index (χ0v) is 13.4. The molecule has 0 saturated heterocycles. The average Bonchev–Trinajstić information content (AvgIpc) is 3.07. The summed E-state index contributed by atoms with van der Waals surface area (Å²) in [6.45, 7) is 1.85. The fourth-order valence-electron chi connectivity index (χ4n) is 3.27. The highest BCUT2D eigenvalue weighted by Crippen LogP contribution is 2.37. The van der Waals surface area contributed by atoms with Crippen LogP contribution in [0.3, 0.4) is 0 Å². The summed E-state index contributed by atoms with van der Waals surface area (Å²) in [5.41, 5.74) is 7.32. The monoisotopic (exact) mass is 313 g/mol. The first-order valence-corrected chi connectivity index (χ1v) is 8.13. The van der Waals surface area contributed by atoms with Crippen LogP contribution in [-0.2, 0) is 5.54 Å². The smallest absolute Gasteiger partial charge is 0.327 e. The normalized spacial score (nSPS) is 18.3. The van der Waals surface area contributed by atoms with Crippen molar-refractivity contribution in [1.29, 1.82) is 0 Å². The minimum Gasteiger partial charge on any atom is -0.328 e. The van der Waals surface area contributed by atoms with Gasteiger partial charge in [-0.15, -0.1) is 0 Å². The minimum absolute atomic E-state index is 0.164. The van der Waals surface area contributed by atoms with E-state index in [0.29, 0.717) is 5.69 Å². The first-order chi connectivity index (χ1) is 11.1. The lowest BCUT2D eigenvalue weighted by molar-refractivity contribution is 0.204. The molecule has 2 aromatic heterocycles. The molecule has 122 valence electrons. The molecule has 0 bridgehead atoms. The predicted molar refractivity (Wildman–Crippen MR) is 87.8 cm³/mol. The van der Waals surface area contributed by atoms with Crippen molar-refractivity contribution in [2.45, 2.75) is 50.6 Å². The second kappa shape index (κ2) is 6.50. The topological polar surface area (TPSA) is 85.8 Å². The van der Waals surface area contributed by atoms with Gasteiger partial charge in [0.2, 0.25) is 0 Å². The van der Waals surface area contributed by atoms with Crippen LogP contribution in [0.4, 0.5) is 4.79 Å². The van der Waals surface area contributed by atoms with E-state index in [1.165, 1.54) is 17.3 Å². The fraction of sp³-hybridized carbons (Fsp3) is 0.471. The van der Waals surface area contributed by atoms with E-state index in [2.05, 4.69) is 15.3 Å². The summed E-state index contributed by atoms with van der Waals surface area (Å²) >= 11 is 0. The molecule has 6 heteroatoms. The minimum atomic E-state index is -0.322. The standard InChI is InChI=1S/C17H23N5O/c1-13(18)15-11-22(12-20-15)16(23)21-17(7-3-2-4-8-17)14-5-9-19-10-6-14/h5-6,9-13H,2-4,7-8,18H2,1H3,(H,21,23)/t13-/m1/s1. The van der Waals surface area contributed by atoms with Gasteiger partial charge in [0.15, 0.2) is 0 Å². The van der Waals surface area contributed by atoms with Crippen LogP contribution in [0.1, 0.15) is 56.3 Å². The number of rotatable bonds is 3. The molecule has 0 unspecified atom stereocenters. The van der Waals surface area contributed by atoms with E-state index in [4.69, 9.17) is 5.73 Å². The lowest BCUT2D eigenvalue weighted by Crippen LogP contribution is -2.48. The number of hydrogen-bond donors (Lipinski definition) is 2. The summed E-state index contributed by atoms with van der Waals surface area (Å²) < 4.78 is 1.48. The molecule has 0 spiro atoms. The number of nitrogens with two attached hydrogens (primary N) is 1. The lowest BCUT2D eigenvalue weighted by atomic mass is 9.77. The Labute approximate surface area is 136 Å². The molecule has 1 aliphatic carbocycles. The van der Waals surface area contributed by atoms with Crippen molar-refractivity contribution in [2.75, 3.05) is 0 Å². The molecule has 0 radical (unpaired) electrons. The summed E-state index contributed by atoms with van der Waals surface area (Å²) in [5.74, 6) is 0. The van der Waals surface area contributed by atoms with E-state index in [0.717, 1.165) is 31.2 Å². The summed E-state index contributed by atoms with van der Waals surface area (Å²) in [7, 11) is 0. The summed E-state index contributed by atoms with van der Waals surface area (Å²) in [6.07, 6.45) is 12.1. The Morgan fingerprint density at radius 1 is 1.30 bits per heavy atom. The van der Waals surface area contributed by atoms with Crippen LogP contribution in [0.15, 0.2) is 37.1 Å². The highest BCUT2D eigenvalue weighted by atomic mass is 16.2. The van der Waals surface area contributed by atoms with E-state index in [1.807, 2.05) is 19.1 Å². The van der Waals surface area contributed by atoms with Crippen LogP contribution < -0.4 is 11.1 Å². The maximum Gasteiger partial charge on any atom is 0.327 e. The summed E-state index contributed by atoms with van der Waals surface area (Å²) in [5, 5.41) is 3.23. The van der Waals surface area contributed by atoms with Gasteiger partial charge < -0.3 is 11.1 Å². The number of aromatic nitrogens is 3. The second-order valence-corrected chi connectivity index (χ2v) is 6.30. The van der Waals surface area contributed by atoms with Gasteiger partial charge in [-0.25, -0.2) is 9.78 Å². The van der Waals surface area contributed by atoms with Crippen molar-refractivity contribution in [3.63, 3.8) is 0 Å². The number of hydrogen-bond acceptors (Lipinski definition) is 4. The van der Waals surface area contributed by atoms with Crippen molar-refractivity contribution in [3.8, 4) is 0 Å². The average molecular weight is 313 g/mol. The Kier molecular flexibility index (Phi) is 4.43. The number of imidazole rings is 1. The molecular weight excluding hydrogens is 290 g/mol. The van der Waals surface area contributed by atoms with Gasteiger partial charge in [-0.2, -0.15) is 0 Å². The Morgan fingerprint density at radius 3 is 2.61 bits per heavy atom. The second-order valence-electron chi connectivity index (χ2n) is 6.30. The zero-order chi connectivity index (χ0) is 16.3. The Hall–Kier alpha value is -2.21. The highest BCUT2D eigenvalue weighted by Gasteiger charge is 2.35. The first-order valence-electron chi connectivity index (χ1n) is 8.13. The molecule has 1 amide bonds. The molecule has 2 aromatic rings. The quantitative estimate of drug-likeness (QED) is 0.912. The van der Waals surface area contributed by atoms with Crippen LogP contribution in [0.5, 0.6) is 0 Å². The van der Waals surface area contributed by atoms with E-state index in [-0.39, 0.29) is 17.6 Å². The van der Waals surface area contributed by atoms with Gasteiger partial charge in [-0.1, -0.05) is 19.3 Å². The van der Waals surface area contributed by atoms with Crippen molar-refractivity contribution in [3.05, 3.63) is 48.3 Å². The van der Waals surface area contributed by atoms with Crippen molar-refractivity contribution >= 4 is 6.03 Å². The molecule has 0 aliphatic heterocycles. The number of carbonyl (C=O) groups excluding carboxylic acids is 1. The van der Waals surface area contributed by atoms with Gasteiger partial charge in [0.05, 0.1) is 11.2 Å². The predicted octanol–water partition coefficient (Wildman–Crippen LogP) is 2.72. The largest absolute Gasteiger partial charge is 0.328 e. The SMILES string of the molecule is C[C@@H](N)c1cn(C(=O)NC2(c3ccncc3)CCCCC2)cn1. The van der Waals surface area contributed by atoms with Gasteiger partial charge in [-0.05, 0) is 37.5 Å². The summed E-state index contributed by atoms with van der Waals surface area (Å²) in [4.78, 5) is 21.0. The van der Waals surface area contributed by atoms with Gasteiger partial charge in [0.1, 0.15) is 6.33 Å². The highest BCUT2D eigenvalue weighted by molar-refractivity contribution is 5.77. The molecule has 6 nitrogen and oxygen atoms in total. The van der Waals surface area contributed by atoms with E-state index >= 15 is 0 Å². The lowest BCUT2D eigenvalue weighted by Gasteiger charge is -2.38. The van der Waals surface area contributed by atoms with Gasteiger partial charge in [-0.3, -0.25) is 9.55 Å². The molecular formula is C17H23N5O. The third-order valence-corrected chi connectivity index (χ3v) is 4.59. The third-order valence-electron chi connectivity index (χ3n) is 4.59. The molecule has 0 aromatic carbocycles. The molecule has 23 heavy (non-hydrogen) atoms. The molecule has 3 rings (SSSR count). The molecule has 1 saturated carbocycles. The Bertz CT molecular complexity index is 659. The van der Waals surface area contributed by atoms with E-state index in [9.17, 15) is 4.79 Å². The Balaban J connectivity index is 1.85. The number of pyridine rings is 1. The molecule has 1 fully saturated rings. The van der Waals surface area contributed by atoms with Gasteiger partial charge >= 0.3 is 6.03 Å². The van der Waals surface area contributed by atoms with E-state index in [1.54, 1.807) is 18.6 Å². The van der Waals surface area contributed by atoms with Crippen LogP contribution in [-0.4, -0.2) is 20.6 Å². The van der Waals surface area contributed by atoms with Crippen LogP contribution >= 0.6 is 0 Å². The van der Waals surface area contributed by atoms with Crippen LogP contribution in [0.25, 0.3) is 0 Å².